The van der Waals surface area contributed by atoms with Crippen molar-refractivity contribution in [2.75, 3.05) is 11.5 Å². The highest BCUT2D eigenvalue weighted by molar-refractivity contribution is 5.64. The highest BCUT2D eigenvalue weighted by Gasteiger charge is 2.34. The Bertz CT molecular complexity index is 970. The molecule has 0 radical (unpaired) electrons. The van der Waals surface area contributed by atoms with Crippen LogP contribution in [0.1, 0.15) is 33.4 Å². The summed E-state index contributed by atoms with van der Waals surface area (Å²) >= 11 is 0. The minimum atomic E-state index is -4.57. The van der Waals surface area contributed by atoms with Crippen molar-refractivity contribution in [3.8, 4) is 0 Å². The Morgan fingerprint density at radius 2 is 0.867 bits per heavy atom. The SMILES string of the molecule is Nc1ccc(N)c(Cc2ccccc2C(F)(F)F)c1Cc1ccccc1C(F)(F)F. The maximum Gasteiger partial charge on any atom is 0.416 e. The van der Waals surface area contributed by atoms with Crippen molar-refractivity contribution in [3.05, 3.63) is 94.0 Å². The van der Waals surface area contributed by atoms with E-state index in [0.717, 1.165) is 12.1 Å². The smallest absolute Gasteiger partial charge is 0.398 e. The van der Waals surface area contributed by atoms with E-state index in [-0.39, 0.29) is 46.5 Å². The lowest BCUT2D eigenvalue weighted by Gasteiger charge is -2.19. The minimum Gasteiger partial charge on any atom is -0.398 e. The standard InChI is InChI=1S/C22H18F6N2/c23-21(24,25)17-7-3-1-5-13(17)11-15-16(20(30)10-9-19(15)29)12-14-6-2-4-8-18(14)22(26,27)28/h1-10H,11-12,29-30H2. The van der Waals surface area contributed by atoms with Gasteiger partial charge in [0.1, 0.15) is 0 Å². The lowest BCUT2D eigenvalue weighted by molar-refractivity contribution is -0.139. The van der Waals surface area contributed by atoms with Crippen molar-refractivity contribution < 1.29 is 26.3 Å². The van der Waals surface area contributed by atoms with Crippen LogP contribution in [0.15, 0.2) is 60.7 Å². The third-order valence-corrected chi connectivity index (χ3v) is 4.88. The zero-order valence-corrected chi connectivity index (χ0v) is 15.6. The molecule has 0 heterocycles. The monoisotopic (exact) mass is 424 g/mol. The highest BCUT2D eigenvalue weighted by Crippen LogP contribution is 2.37. The van der Waals surface area contributed by atoms with E-state index in [1.165, 1.54) is 48.5 Å². The molecule has 0 aliphatic rings. The number of nitrogen functional groups attached to an aromatic ring is 2. The van der Waals surface area contributed by atoms with Crippen LogP contribution < -0.4 is 11.5 Å². The lowest BCUT2D eigenvalue weighted by Crippen LogP contribution is -2.13. The van der Waals surface area contributed by atoms with Gasteiger partial charge in [-0.25, -0.2) is 0 Å². The molecule has 8 heteroatoms. The van der Waals surface area contributed by atoms with Crippen molar-refractivity contribution >= 4 is 11.4 Å². The number of anilines is 2. The Morgan fingerprint density at radius 3 is 1.20 bits per heavy atom. The average Bonchev–Trinajstić information content (AvgIpc) is 2.66. The van der Waals surface area contributed by atoms with Gasteiger partial charge in [0.2, 0.25) is 0 Å². The number of hydrogen-bond donors (Lipinski definition) is 2. The first kappa shape index (κ1) is 21.5. The van der Waals surface area contributed by atoms with Crippen LogP contribution in [0.25, 0.3) is 0 Å². The molecule has 4 N–H and O–H groups in total. The quantitative estimate of drug-likeness (QED) is 0.395. The number of hydrogen-bond acceptors (Lipinski definition) is 2. The maximum absolute atomic E-state index is 13.4. The zero-order valence-electron chi connectivity index (χ0n) is 15.6. The van der Waals surface area contributed by atoms with Crippen molar-refractivity contribution in [2.45, 2.75) is 25.2 Å². The largest absolute Gasteiger partial charge is 0.416 e. The molecule has 0 fully saturated rings. The molecule has 0 saturated carbocycles. The van der Waals surface area contributed by atoms with Gasteiger partial charge in [0, 0.05) is 24.2 Å². The number of rotatable bonds is 4. The number of alkyl halides is 6. The zero-order chi connectivity index (χ0) is 22.1. The summed E-state index contributed by atoms with van der Waals surface area (Å²) in [7, 11) is 0. The van der Waals surface area contributed by atoms with E-state index in [1.807, 2.05) is 0 Å². The molecule has 3 rings (SSSR count). The number of benzene rings is 3. The van der Waals surface area contributed by atoms with E-state index in [1.54, 1.807) is 0 Å². The van der Waals surface area contributed by atoms with Crippen LogP contribution in [0.3, 0.4) is 0 Å². The van der Waals surface area contributed by atoms with Gasteiger partial charge in [-0.15, -0.1) is 0 Å². The van der Waals surface area contributed by atoms with Gasteiger partial charge >= 0.3 is 12.4 Å². The molecule has 0 unspecified atom stereocenters. The van der Waals surface area contributed by atoms with Gasteiger partial charge in [-0.1, -0.05) is 36.4 Å². The third-order valence-electron chi connectivity index (χ3n) is 4.88. The molecule has 0 bridgehead atoms. The average molecular weight is 424 g/mol. The van der Waals surface area contributed by atoms with Gasteiger partial charge < -0.3 is 11.5 Å². The molecule has 158 valence electrons. The molecule has 3 aromatic rings. The molecule has 30 heavy (non-hydrogen) atoms. The molecule has 2 nitrogen and oxygen atoms in total. The fourth-order valence-electron chi connectivity index (χ4n) is 3.43. The van der Waals surface area contributed by atoms with Crippen LogP contribution in [-0.4, -0.2) is 0 Å². The van der Waals surface area contributed by atoms with Gasteiger partial charge in [-0.2, -0.15) is 26.3 Å². The highest BCUT2D eigenvalue weighted by atomic mass is 19.4. The normalized spacial score (nSPS) is 12.2. The van der Waals surface area contributed by atoms with E-state index in [0.29, 0.717) is 0 Å². The second-order valence-corrected chi connectivity index (χ2v) is 6.86. The predicted octanol–water partition coefficient (Wildman–Crippen LogP) is 6.07. The Kier molecular flexibility index (Phi) is 5.70. The summed E-state index contributed by atoms with van der Waals surface area (Å²) in [6.45, 7) is 0. The fraction of sp³-hybridized carbons (Fsp3) is 0.182. The second kappa shape index (κ2) is 7.93. The molecule has 3 aromatic carbocycles. The Balaban J connectivity index is 2.10. The summed E-state index contributed by atoms with van der Waals surface area (Å²) in [5.74, 6) is 0. The molecule has 0 aliphatic heterocycles. The summed E-state index contributed by atoms with van der Waals surface area (Å²) in [5.41, 5.74) is 11.2. The molecule has 0 saturated heterocycles. The third kappa shape index (κ3) is 4.53. The first-order valence-electron chi connectivity index (χ1n) is 8.94. The first-order valence-corrected chi connectivity index (χ1v) is 8.94. The van der Waals surface area contributed by atoms with E-state index in [2.05, 4.69) is 0 Å². The van der Waals surface area contributed by atoms with E-state index < -0.39 is 23.5 Å². The number of nitrogens with two attached hydrogens (primary N) is 2. The summed E-state index contributed by atoms with van der Waals surface area (Å²) < 4.78 is 80.3. The van der Waals surface area contributed by atoms with Crippen LogP contribution in [0, 0.1) is 0 Å². The van der Waals surface area contributed by atoms with Crippen LogP contribution in [0.4, 0.5) is 37.7 Å². The molecule has 0 aromatic heterocycles. The Morgan fingerprint density at radius 1 is 0.533 bits per heavy atom. The van der Waals surface area contributed by atoms with Crippen molar-refractivity contribution in [2.24, 2.45) is 0 Å². The van der Waals surface area contributed by atoms with Crippen LogP contribution in [0.5, 0.6) is 0 Å². The van der Waals surface area contributed by atoms with Gasteiger partial charge in [0.25, 0.3) is 0 Å². The Hall–Kier alpha value is -3.16. The molecule has 0 spiro atoms. The van der Waals surface area contributed by atoms with Crippen LogP contribution in [0.2, 0.25) is 0 Å². The van der Waals surface area contributed by atoms with Crippen molar-refractivity contribution in [3.63, 3.8) is 0 Å². The second-order valence-electron chi connectivity index (χ2n) is 6.86. The van der Waals surface area contributed by atoms with Gasteiger partial charge in [-0.3, -0.25) is 0 Å². The van der Waals surface area contributed by atoms with Crippen molar-refractivity contribution in [1.29, 1.82) is 0 Å². The minimum absolute atomic E-state index is 0.0346. The molecular weight excluding hydrogens is 406 g/mol. The maximum atomic E-state index is 13.4. The van der Waals surface area contributed by atoms with Gasteiger partial charge in [0.05, 0.1) is 11.1 Å². The predicted molar refractivity (Wildman–Crippen MR) is 104 cm³/mol. The summed E-state index contributed by atoms with van der Waals surface area (Å²) in [5, 5.41) is 0. The number of halogens is 6. The Labute approximate surface area is 169 Å². The molecular formula is C22H18F6N2. The molecule has 0 amide bonds. The van der Waals surface area contributed by atoms with Crippen molar-refractivity contribution in [1.82, 2.24) is 0 Å². The van der Waals surface area contributed by atoms with E-state index in [9.17, 15) is 26.3 Å². The molecule has 0 aliphatic carbocycles. The summed E-state index contributed by atoms with van der Waals surface area (Å²) in [4.78, 5) is 0. The van der Waals surface area contributed by atoms with E-state index >= 15 is 0 Å². The fourth-order valence-corrected chi connectivity index (χ4v) is 3.43. The van der Waals surface area contributed by atoms with Crippen LogP contribution >= 0.6 is 0 Å². The van der Waals surface area contributed by atoms with Crippen LogP contribution in [-0.2, 0) is 25.2 Å². The van der Waals surface area contributed by atoms with E-state index in [4.69, 9.17) is 11.5 Å². The summed E-state index contributed by atoms with van der Waals surface area (Å²) in [6.07, 6.45) is -9.57. The lowest BCUT2D eigenvalue weighted by atomic mass is 9.89. The van der Waals surface area contributed by atoms with Gasteiger partial charge in [0.15, 0.2) is 0 Å². The van der Waals surface area contributed by atoms with Gasteiger partial charge in [-0.05, 0) is 46.5 Å². The molecule has 0 atom stereocenters. The topological polar surface area (TPSA) is 52.0 Å². The summed E-state index contributed by atoms with van der Waals surface area (Å²) in [6, 6.07) is 12.9. The first-order chi connectivity index (χ1) is 14.0.